The second-order valence-corrected chi connectivity index (χ2v) is 4.48. The normalized spacial score (nSPS) is 10.9. The molecule has 2 nitrogen and oxygen atoms in total. The molecule has 0 fully saturated rings. The molecule has 0 amide bonds. The fraction of sp³-hybridized carbons (Fsp3) is 0. The molecule has 17 heavy (non-hydrogen) atoms. The summed E-state index contributed by atoms with van der Waals surface area (Å²) in [4.78, 5) is 4.50. The van der Waals surface area contributed by atoms with Crippen LogP contribution in [0.3, 0.4) is 0 Å². The van der Waals surface area contributed by atoms with Crippen molar-refractivity contribution in [2.24, 2.45) is 0 Å². The lowest BCUT2D eigenvalue weighted by Gasteiger charge is -1.98. The summed E-state index contributed by atoms with van der Waals surface area (Å²) in [6.45, 7) is 0. The third-order valence-corrected chi connectivity index (χ3v) is 3.17. The first-order valence-electron chi connectivity index (χ1n) is 5.14. The van der Waals surface area contributed by atoms with E-state index in [-0.39, 0.29) is 0 Å². The minimum Gasteiger partial charge on any atom is -0.290 e. The lowest BCUT2D eigenvalue weighted by Crippen LogP contribution is -1.81. The van der Waals surface area contributed by atoms with Crippen LogP contribution < -0.4 is 0 Å². The number of aromatic nitrogens is 2. The van der Waals surface area contributed by atoms with E-state index in [1.165, 1.54) is 0 Å². The van der Waals surface area contributed by atoms with Crippen molar-refractivity contribution in [1.29, 1.82) is 0 Å². The fourth-order valence-electron chi connectivity index (χ4n) is 1.79. The Hall–Kier alpha value is -1.51. The van der Waals surface area contributed by atoms with E-state index >= 15 is 0 Å². The average molecular weight is 263 g/mol. The Balaban J connectivity index is 2.27. The molecule has 0 bridgehead atoms. The second kappa shape index (κ2) is 4.06. The quantitative estimate of drug-likeness (QED) is 0.639. The third kappa shape index (κ3) is 1.79. The molecule has 0 unspecified atom stereocenters. The minimum absolute atomic E-state index is 0.600. The van der Waals surface area contributed by atoms with E-state index in [0.717, 1.165) is 16.9 Å². The highest BCUT2D eigenvalue weighted by molar-refractivity contribution is 6.33. The lowest BCUT2D eigenvalue weighted by atomic mass is 10.2. The monoisotopic (exact) mass is 262 g/mol. The first-order chi connectivity index (χ1) is 8.25. The van der Waals surface area contributed by atoms with Crippen LogP contribution in [0.15, 0.2) is 48.7 Å². The molecule has 0 atom stereocenters. The molecule has 3 rings (SSSR count). The molecule has 0 N–H and O–H groups in total. The van der Waals surface area contributed by atoms with Crippen LogP contribution in [0.4, 0.5) is 0 Å². The van der Waals surface area contributed by atoms with Gasteiger partial charge in [0.05, 0.1) is 0 Å². The fourth-order valence-corrected chi connectivity index (χ4v) is 2.27. The van der Waals surface area contributed by atoms with Crippen molar-refractivity contribution in [2.45, 2.75) is 0 Å². The van der Waals surface area contributed by atoms with Gasteiger partial charge in [-0.05, 0) is 24.3 Å². The second-order valence-electron chi connectivity index (χ2n) is 3.69. The summed E-state index contributed by atoms with van der Waals surface area (Å²) in [6.07, 6.45) is 1.89. The van der Waals surface area contributed by atoms with Gasteiger partial charge < -0.3 is 0 Å². The predicted octanol–water partition coefficient (Wildman–Crippen LogP) is 4.31. The number of nitrogens with zero attached hydrogens (tertiary/aromatic N) is 2. The van der Waals surface area contributed by atoms with Crippen molar-refractivity contribution in [3.05, 3.63) is 58.8 Å². The maximum Gasteiger partial charge on any atom is 0.141 e. The molecule has 3 aromatic rings. The van der Waals surface area contributed by atoms with Crippen LogP contribution in [0.25, 0.3) is 16.9 Å². The van der Waals surface area contributed by atoms with Crippen molar-refractivity contribution in [2.75, 3.05) is 0 Å². The number of hydrogen-bond donors (Lipinski definition) is 0. The Morgan fingerprint density at radius 3 is 2.65 bits per heavy atom. The van der Waals surface area contributed by atoms with E-state index in [0.29, 0.717) is 10.2 Å². The number of rotatable bonds is 1. The third-order valence-electron chi connectivity index (χ3n) is 2.57. The highest BCUT2D eigenvalue weighted by Gasteiger charge is 2.11. The Bertz CT molecular complexity index is 689. The van der Waals surface area contributed by atoms with Crippen LogP contribution in [0, 0.1) is 0 Å². The molecule has 4 heteroatoms. The number of fused-ring (bicyclic) bond motifs is 1. The molecule has 84 valence electrons. The van der Waals surface area contributed by atoms with Gasteiger partial charge >= 0.3 is 0 Å². The molecular formula is C13H8Cl2N2. The number of imidazole rings is 1. The highest BCUT2D eigenvalue weighted by atomic mass is 35.5. The van der Waals surface area contributed by atoms with Gasteiger partial charge in [0.15, 0.2) is 0 Å². The van der Waals surface area contributed by atoms with Gasteiger partial charge in [-0.3, -0.25) is 4.40 Å². The van der Waals surface area contributed by atoms with Crippen molar-refractivity contribution >= 4 is 28.8 Å². The zero-order valence-corrected chi connectivity index (χ0v) is 10.3. The molecule has 0 radical (unpaired) electrons. The smallest absolute Gasteiger partial charge is 0.141 e. The maximum absolute atomic E-state index is 6.30. The van der Waals surface area contributed by atoms with Crippen LogP contribution >= 0.6 is 23.2 Å². The lowest BCUT2D eigenvalue weighted by molar-refractivity contribution is 1.19. The van der Waals surface area contributed by atoms with Gasteiger partial charge in [-0.1, -0.05) is 41.4 Å². The van der Waals surface area contributed by atoms with E-state index in [9.17, 15) is 0 Å². The molecule has 2 aromatic heterocycles. The van der Waals surface area contributed by atoms with E-state index in [1.54, 1.807) is 0 Å². The van der Waals surface area contributed by atoms with Gasteiger partial charge in [-0.25, -0.2) is 4.98 Å². The zero-order valence-electron chi connectivity index (χ0n) is 8.77. The number of benzene rings is 1. The molecule has 0 aliphatic heterocycles. The van der Waals surface area contributed by atoms with Crippen molar-refractivity contribution in [3.63, 3.8) is 0 Å². The van der Waals surface area contributed by atoms with Gasteiger partial charge in [-0.2, -0.15) is 0 Å². The SMILES string of the molecule is Clc1cccc(-c2nc3ccccn3c2Cl)c1. The Morgan fingerprint density at radius 2 is 1.88 bits per heavy atom. The molecule has 2 heterocycles. The van der Waals surface area contributed by atoms with E-state index < -0.39 is 0 Å². The van der Waals surface area contributed by atoms with Crippen LogP contribution in [-0.2, 0) is 0 Å². The summed E-state index contributed by atoms with van der Waals surface area (Å²) >= 11 is 12.3. The number of hydrogen-bond acceptors (Lipinski definition) is 1. The molecular weight excluding hydrogens is 255 g/mol. The Morgan fingerprint density at radius 1 is 1.00 bits per heavy atom. The van der Waals surface area contributed by atoms with Crippen molar-refractivity contribution in [1.82, 2.24) is 9.38 Å². The Labute approximate surface area is 108 Å². The molecule has 0 spiro atoms. The highest BCUT2D eigenvalue weighted by Crippen LogP contribution is 2.29. The largest absolute Gasteiger partial charge is 0.290 e. The standard InChI is InChI=1S/C13H8Cl2N2/c14-10-5-3-4-9(8-10)12-13(15)17-7-2-1-6-11(17)16-12/h1-8H. The van der Waals surface area contributed by atoms with Gasteiger partial charge in [-0.15, -0.1) is 0 Å². The molecule has 0 saturated carbocycles. The zero-order chi connectivity index (χ0) is 11.8. The number of pyridine rings is 1. The predicted molar refractivity (Wildman–Crippen MR) is 70.6 cm³/mol. The van der Waals surface area contributed by atoms with E-state index in [2.05, 4.69) is 4.98 Å². The van der Waals surface area contributed by atoms with Crippen LogP contribution in [0.5, 0.6) is 0 Å². The molecule has 0 aliphatic carbocycles. The van der Waals surface area contributed by atoms with E-state index in [4.69, 9.17) is 23.2 Å². The van der Waals surface area contributed by atoms with E-state index in [1.807, 2.05) is 53.1 Å². The van der Waals surface area contributed by atoms with Crippen LogP contribution in [0.2, 0.25) is 10.2 Å². The summed E-state index contributed by atoms with van der Waals surface area (Å²) in [6, 6.07) is 13.3. The van der Waals surface area contributed by atoms with Gasteiger partial charge in [0.1, 0.15) is 16.5 Å². The average Bonchev–Trinajstić information content (AvgIpc) is 2.68. The molecule has 0 saturated heterocycles. The molecule has 0 aliphatic rings. The molecule has 1 aromatic carbocycles. The first kappa shape index (κ1) is 10.6. The number of halogens is 2. The van der Waals surface area contributed by atoms with Gasteiger partial charge in [0.25, 0.3) is 0 Å². The maximum atomic E-state index is 6.30. The first-order valence-corrected chi connectivity index (χ1v) is 5.90. The van der Waals surface area contributed by atoms with Gasteiger partial charge in [0, 0.05) is 16.8 Å². The minimum atomic E-state index is 0.600. The van der Waals surface area contributed by atoms with Crippen LogP contribution in [0.1, 0.15) is 0 Å². The topological polar surface area (TPSA) is 17.3 Å². The van der Waals surface area contributed by atoms with Gasteiger partial charge in [0.2, 0.25) is 0 Å². The summed E-state index contributed by atoms with van der Waals surface area (Å²) in [5, 5.41) is 1.28. The van der Waals surface area contributed by atoms with Crippen LogP contribution in [-0.4, -0.2) is 9.38 Å². The summed E-state index contributed by atoms with van der Waals surface area (Å²) < 4.78 is 1.85. The van der Waals surface area contributed by atoms with Crippen molar-refractivity contribution in [3.8, 4) is 11.3 Å². The summed E-state index contributed by atoms with van der Waals surface area (Å²) in [7, 11) is 0. The summed E-state index contributed by atoms with van der Waals surface area (Å²) in [5.41, 5.74) is 2.50. The Kier molecular flexibility index (Phi) is 2.54. The summed E-state index contributed by atoms with van der Waals surface area (Å²) in [5.74, 6) is 0. The van der Waals surface area contributed by atoms with Crippen molar-refractivity contribution < 1.29 is 0 Å².